The van der Waals surface area contributed by atoms with Crippen LogP contribution >= 0.6 is 11.3 Å². The van der Waals surface area contributed by atoms with Crippen LogP contribution in [-0.4, -0.2) is 28.7 Å². The average Bonchev–Trinajstić information content (AvgIpc) is 2.67. The molecule has 0 radical (unpaired) electrons. The van der Waals surface area contributed by atoms with Gasteiger partial charge in [-0.1, -0.05) is 6.07 Å². The van der Waals surface area contributed by atoms with Crippen LogP contribution in [0, 0.1) is 0 Å². The normalized spacial score (nSPS) is 15.1. The summed E-state index contributed by atoms with van der Waals surface area (Å²) >= 11 is 0.922. The molecule has 1 heterocycles. The molecule has 0 bridgehead atoms. The zero-order chi connectivity index (χ0) is 13.3. The van der Waals surface area contributed by atoms with Gasteiger partial charge in [0.15, 0.2) is 0 Å². The predicted molar refractivity (Wildman–Crippen MR) is 53.9 cm³/mol. The lowest BCUT2D eigenvalue weighted by Crippen LogP contribution is -2.61. The van der Waals surface area contributed by atoms with Crippen molar-refractivity contribution in [1.29, 1.82) is 0 Å². The monoisotopic (exact) mass is 267 g/mol. The second-order valence-corrected chi connectivity index (χ2v) is 4.31. The summed E-state index contributed by atoms with van der Waals surface area (Å²) in [5, 5.41) is 11.6. The molecule has 1 unspecified atom stereocenters. The fourth-order valence-corrected chi connectivity index (χ4v) is 1.56. The zero-order valence-electron chi connectivity index (χ0n) is 8.54. The maximum atomic E-state index is 12.6. The molecule has 0 aromatic carbocycles. The number of amides is 1. The minimum absolute atomic E-state index is 0.0155. The predicted octanol–water partition coefficient (Wildman–Crippen LogP) is 1.88. The molecule has 4 nitrogen and oxygen atoms in total. The number of thiophene rings is 1. The largest absolute Gasteiger partial charge is 0.479 e. The Balaban J connectivity index is 2.97. The van der Waals surface area contributed by atoms with Gasteiger partial charge in [0.2, 0.25) is 5.54 Å². The van der Waals surface area contributed by atoms with Crippen LogP contribution in [0.1, 0.15) is 16.6 Å². The summed E-state index contributed by atoms with van der Waals surface area (Å²) in [6, 6.07) is 2.78. The number of carbonyl (C=O) groups excluding carboxylic acids is 1. The lowest BCUT2D eigenvalue weighted by atomic mass is 10.0. The first-order chi connectivity index (χ1) is 7.68. The molecule has 0 aliphatic rings. The van der Waals surface area contributed by atoms with Crippen LogP contribution in [0.5, 0.6) is 0 Å². The molecule has 0 saturated heterocycles. The van der Waals surface area contributed by atoms with Crippen molar-refractivity contribution in [2.45, 2.75) is 18.6 Å². The Morgan fingerprint density at radius 2 is 2.00 bits per heavy atom. The van der Waals surface area contributed by atoms with Gasteiger partial charge in [0.25, 0.3) is 5.91 Å². The Kier molecular flexibility index (Phi) is 3.46. The number of halogens is 3. The molecular weight excluding hydrogens is 259 g/mol. The maximum Gasteiger partial charge on any atom is 0.422 e. The zero-order valence-corrected chi connectivity index (χ0v) is 9.35. The molecule has 0 spiro atoms. The van der Waals surface area contributed by atoms with Crippen molar-refractivity contribution in [3.63, 3.8) is 0 Å². The lowest BCUT2D eigenvalue weighted by Gasteiger charge is -2.28. The van der Waals surface area contributed by atoms with Crippen molar-refractivity contribution in [2.24, 2.45) is 0 Å². The maximum absolute atomic E-state index is 12.6. The Labute approximate surface area is 98.1 Å². The van der Waals surface area contributed by atoms with E-state index in [1.54, 1.807) is 0 Å². The second-order valence-electron chi connectivity index (χ2n) is 3.36. The van der Waals surface area contributed by atoms with Gasteiger partial charge in [-0.2, -0.15) is 13.2 Å². The third kappa shape index (κ3) is 2.57. The molecular formula is C9H8F3NO3S. The van der Waals surface area contributed by atoms with Crippen molar-refractivity contribution in [3.05, 3.63) is 22.4 Å². The van der Waals surface area contributed by atoms with Crippen LogP contribution in [-0.2, 0) is 4.79 Å². The lowest BCUT2D eigenvalue weighted by molar-refractivity contribution is -0.203. The van der Waals surface area contributed by atoms with E-state index in [1.807, 2.05) is 0 Å². The number of aliphatic carboxylic acids is 1. The first kappa shape index (κ1) is 13.5. The molecule has 17 heavy (non-hydrogen) atoms. The van der Waals surface area contributed by atoms with Crippen LogP contribution in [0.25, 0.3) is 0 Å². The summed E-state index contributed by atoms with van der Waals surface area (Å²) in [6.45, 7) is 0.404. The van der Waals surface area contributed by atoms with Gasteiger partial charge in [-0.25, -0.2) is 4.79 Å². The number of carbonyl (C=O) groups is 2. The number of nitrogens with one attached hydrogen (secondary N) is 1. The summed E-state index contributed by atoms with van der Waals surface area (Å²) in [4.78, 5) is 22.1. The number of carboxylic acids is 1. The summed E-state index contributed by atoms with van der Waals surface area (Å²) < 4.78 is 37.7. The van der Waals surface area contributed by atoms with Crippen LogP contribution < -0.4 is 5.32 Å². The highest BCUT2D eigenvalue weighted by Gasteiger charge is 2.58. The van der Waals surface area contributed by atoms with Gasteiger partial charge in [0.1, 0.15) is 0 Å². The third-order valence-corrected chi connectivity index (χ3v) is 2.97. The van der Waals surface area contributed by atoms with E-state index in [1.165, 1.54) is 22.8 Å². The quantitative estimate of drug-likeness (QED) is 0.878. The topological polar surface area (TPSA) is 66.4 Å². The van der Waals surface area contributed by atoms with Gasteiger partial charge in [0.05, 0.1) is 4.88 Å². The van der Waals surface area contributed by atoms with Gasteiger partial charge < -0.3 is 10.4 Å². The highest BCUT2D eigenvalue weighted by atomic mass is 32.1. The van der Waals surface area contributed by atoms with Gasteiger partial charge in [0, 0.05) is 0 Å². The Morgan fingerprint density at radius 3 is 2.35 bits per heavy atom. The smallest absolute Gasteiger partial charge is 0.422 e. The van der Waals surface area contributed by atoms with Crippen LogP contribution in [0.4, 0.5) is 13.2 Å². The number of rotatable bonds is 3. The van der Waals surface area contributed by atoms with E-state index in [0.29, 0.717) is 6.92 Å². The summed E-state index contributed by atoms with van der Waals surface area (Å²) in [5.41, 5.74) is -3.30. The summed E-state index contributed by atoms with van der Waals surface area (Å²) in [7, 11) is 0. The van der Waals surface area contributed by atoms with E-state index in [4.69, 9.17) is 5.11 Å². The third-order valence-electron chi connectivity index (χ3n) is 2.10. The van der Waals surface area contributed by atoms with E-state index in [0.717, 1.165) is 11.3 Å². The van der Waals surface area contributed by atoms with Crippen molar-refractivity contribution in [1.82, 2.24) is 5.32 Å². The van der Waals surface area contributed by atoms with Gasteiger partial charge in [-0.15, -0.1) is 11.3 Å². The van der Waals surface area contributed by atoms with E-state index < -0.39 is 23.6 Å². The molecule has 1 aromatic heterocycles. The first-order valence-electron chi connectivity index (χ1n) is 4.34. The van der Waals surface area contributed by atoms with Crippen molar-refractivity contribution >= 4 is 23.2 Å². The van der Waals surface area contributed by atoms with E-state index >= 15 is 0 Å². The first-order valence-corrected chi connectivity index (χ1v) is 5.22. The van der Waals surface area contributed by atoms with E-state index in [-0.39, 0.29) is 4.88 Å². The van der Waals surface area contributed by atoms with Gasteiger partial charge in [-0.05, 0) is 18.4 Å². The Morgan fingerprint density at radius 1 is 1.41 bits per heavy atom. The van der Waals surface area contributed by atoms with Gasteiger partial charge >= 0.3 is 12.1 Å². The number of alkyl halides is 3. The van der Waals surface area contributed by atoms with Crippen LogP contribution in [0.15, 0.2) is 17.5 Å². The van der Waals surface area contributed by atoms with Crippen molar-refractivity contribution in [3.8, 4) is 0 Å². The molecule has 0 aliphatic carbocycles. The Bertz CT molecular complexity index is 429. The molecule has 94 valence electrons. The number of carboxylic acid groups (broad SMARTS) is 1. The highest BCUT2D eigenvalue weighted by molar-refractivity contribution is 7.12. The Hall–Kier alpha value is -1.57. The highest BCUT2D eigenvalue weighted by Crippen LogP contribution is 2.30. The standard InChI is InChI=1S/C9H8F3NO3S/c1-8(7(15)16,9(10,11)12)13-6(14)5-3-2-4-17-5/h2-4H,1H3,(H,13,14)(H,15,16). The minimum atomic E-state index is -5.08. The molecule has 1 atom stereocenters. The molecule has 0 aliphatic heterocycles. The molecule has 2 N–H and O–H groups in total. The number of hydrogen-bond acceptors (Lipinski definition) is 3. The van der Waals surface area contributed by atoms with Crippen molar-refractivity contribution in [2.75, 3.05) is 0 Å². The number of hydrogen-bond donors (Lipinski definition) is 2. The van der Waals surface area contributed by atoms with Crippen LogP contribution in [0.2, 0.25) is 0 Å². The van der Waals surface area contributed by atoms with E-state index in [2.05, 4.69) is 0 Å². The molecule has 1 rings (SSSR count). The molecule has 1 amide bonds. The molecule has 1 aromatic rings. The average molecular weight is 267 g/mol. The van der Waals surface area contributed by atoms with Crippen LogP contribution in [0.3, 0.4) is 0 Å². The molecule has 8 heteroatoms. The van der Waals surface area contributed by atoms with Crippen molar-refractivity contribution < 1.29 is 27.9 Å². The molecule has 0 saturated carbocycles. The second kappa shape index (κ2) is 4.36. The summed E-state index contributed by atoms with van der Waals surface area (Å²) in [5.74, 6) is -3.22. The SMILES string of the molecule is CC(NC(=O)c1cccs1)(C(=O)O)C(F)(F)F. The fraction of sp³-hybridized carbons (Fsp3) is 0.333. The minimum Gasteiger partial charge on any atom is -0.479 e. The summed E-state index contributed by atoms with van der Waals surface area (Å²) in [6.07, 6.45) is -5.08. The molecule has 0 fully saturated rings. The van der Waals surface area contributed by atoms with Gasteiger partial charge in [-0.3, -0.25) is 4.79 Å². The van der Waals surface area contributed by atoms with E-state index in [9.17, 15) is 22.8 Å². The fourth-order valence-electron chi connectivity index (χ4n) is 0.942.